The zero-order valence-electron chi connectivity index (χ0n) is 37.8. The third kappa shape index (κ3) is 7.66. The first-order valence-corrected chi connectivity index (χ1v) is 21.8. The molecule has 324 valence electrons. The Bertz CT molecular complexity index is 2740. The fourth-order valence-electron chi connectivity index (χ4n) is 9.19. The lowest BCUT2D eigenvalue weighted by molar-refractivity contribution is 0.414. The van der Waals surface area contributed by atoms with Crippen molar-refractivity contribution >= 4 is 32.3 Å². The van der Waals surface area contributed by atoms with Gasteiger partial charge in [0.1, 0.15) is 34.5 Å². The van der Waals surface area contributed by atoms with Gasteiger partial charge in [-0.25, -0.2) is 0 Å². The van der Waals surface area contributed by atoms with Crippen LogP contribution in [0.5, 0.6) is 34.5 Å². The Morgan fingerprint density at radius 1 is 0.182 bits per heavy atom. The number of ether oxygens (including phenoxy) is 6. The van der Waals surface area contributed by atoms with Gasteiger partial charge < -0.3 is 28.4 Å². The molecule has 66 heavy (non-hydrogen) atoms. The van der Waals surface area contributed by atoms with E-state index < -0.39 is 0 Å². The number of fused-ring (bicyclic) bond motifs is 6. The van der Waals surface area contributed by atoms with Crippen LogP contribution in [0.3, 0.4) is 0 Å². The molecule has 0 amide bonds. The molecule has 0 saturated heterocycles. The van der Waals surface area contributed by atoms with E-state index in [1.54, 1.807) is 42.7 Å². The maximum atomic E-state index is 5.62. The first-order valence-electron chi connectivity index (χ1n) is 21.8. The van der Waals surface area contributed by atoms with Gasteiger partial charge in [-0.3, -0.25) is 0 Å². The molecule has 6 nitrogen and oxygen atoms in total. The first kappa shape index (κ1) is 41.8. The van der Waals surface area contributed by atoms with E-state index in [9.17, 15) is 0 Å². The second-order valence-electron chi connectivity index (χ2n) is 16.2. The Labute approximate surface area is 385 Å². The van der Waals surface area contributed by atoms with Crippen molar-refractivity contribution < 1.29 is 28.4 Å². The number of benzene rings is 10. The summed E-state index contributed by atoms with van der Waals surface area (Å²) in [5.74, 6) is 4.81. The molecule has 0 unspecified atom stereocenters. The Morgan fingerprint density at radius 3 is 0.409 bits per heavy atom. The van der Waals surface area contributed by atoms with E-state index in [1.807, 2.05) is 72.8 Å². The SMILES string of the molecule is COc1ccc(-c2cc3c4cc(-c5ccc(OC)cc5)c(-c5ccc(OC)cc5)cc4c4cc(-c5ccc(OC)cc5)c(-c5ccc(OC)cc5)cc4c3cc2-c2ccc(OC)cc2)cc1. The van der Waals surface area contributed by atoms with Crippen LogP contribution in [0.4, 0.5) is 0 Å². The summed E-state index contributed by atoms with van der Waals surface area (Å²) in [5.41, 5.74) is 13.1. The summed E-state index contributed by atoms with van der Waals surface area (Å²) in [4.78, 5) is 0. The molecule has 0 aliphatic heterocycles. The fraction of sp³-hybridized carbons (Fsp3) is 0.100. The number of hydrogen-bond donors (Lipinski definition) is 0. The molecule has 0 radical (unpaired) electrons. The summed E-state index contributed by atoms with van der Waals surface area (Å²) in [6.07, 6.45) is 0. The summed E-state index contributed by atoms with van der Waals surface area (Å²) in [6, 6.07) is 64.3. The van der Waals surface area contributed by atoms with Crippen LogP contribution in [0, 0.1) is 0 Å². The lowest BCUT2D eigenvalue weighted by Crippen LogP contribution is -1.94. The van der Waals surface area contributed by atoms with E-state index in [4.69, 9.17) is 28.4 Å². The minimum absolute atomic E-state index is 0.802. The van der Waals surface area contributed by atoms with Gasteiger partial charge in [-0.2, -0.15) is 0 Å². The Kier molecular flexibility index (Phi) is 11.2. The number of rotatable bonds is 12. The molecule has 0 aliphatic rings. The zero-order chi connectivity index (χ0) is 45.3. The van der Waals surface area contributed by atoms with Crippen LogP contribution in [0.25, 0.3) is 99.1 Å². The molecule has 10 aromatic rings. The van der Waals surface area contributed by atoms with Crippen LogP contribution >= 0.6 is 0 Å². The van der Waals surface area contributed by atoms with E-state index >= 15 is 0 Å². The molecular formula is C60H48O6. The van der Waals surface area contributed by atoms with Crippen molar-refractivity contribution in [3.8, 4) is 101 Å². The number of hydrogen-bond acceptors (Lipinski definition) is 6. The summed E-state index contributed by atoms with van der Waals surface area (Å²) in [6.45, 7) is 0. The smallest absolute Gasteiger partial charge is 0.118 e. The second-order valence-corrected chi connectivity index (χ2v) is 16.2. The Balaban J connectivity index is 1.39. The third-order valence-electron chi connectivity index (χ3n) is 12.7. The molecule has 0 bridgehead atoms. The van der Waals surface area contributed by atoms with E-state index in [1.165, 1.54) is 0 Å². The van der Waals surface area contributed by atoms with Crippen molar-refractivity contribution in [2.75, 3.05) is 42.7 Å². The van der Waals surface area contributed by atoms with E-state index in [-0.39, 0.29) is 0 Å². The van der Waals surface area contributed by atoms with Crippen LogP contribution in [-0.4, -0.2) is 42.7 Å². The average Bonchev–Trinajstić information content (AvgIpc) is 3.40. The van der Waals surface area contributed by atoms with Gasteiger partial charge in [-0.05, 0) is 208 Å². The topological polar surface area (TPSA) is 55.4 Å². The highest BCUT2D eigenvalue weighted by atomic mass is 16.5. The summed E-state index contributed by atoms with van der Waals surface area (Å²) < 4.78 is 33.7. The molecule has 0 aliphatic carbocycles. The lowest BCUT2D eigenvalue weighted by Gasteiger charge is -2.21. The average molecular weight is 865 g/mol. The molecule has 0 spiro atoms. The van der Waals surface area contributed by atoms with Gasteiger partial charge in [-0.15, -0.1) is 0 Å². The first-order chi connectivity index (χ1) is 32.4. The third-order valence-corrected chi connectivity index (χ3v) is 12.7. The predicted molar refractivity (Wildman–Crippen MR) is 271 cm³/mol. The molecule has 0 aromatic heterocycles. The molecule has 0 atom stereocenters. The lowest BCUT2D eigenvalue weighted by atomic mass is 9.82. The van der Waals surface area contributed by atoms with Gasteiger partial charge in [0.15, 0.2) is 0 Å². The van der Waals surface area contributed by atoms with Crippen molar-refractivity contribution in [2.45, 2.75) is 0 Å². The monoisotopic (exact) mass is 864 g/mol. The highest BCUT2D eigenvalue weighted by Gasteiger charge is 2.21. The largest absolute Gasteiger partial charge is 0.497 e. The minimum atomic E-state index is 0.802. The Hall–Kier alpha value is -8.22. The molecule has 10 rings (SSSR count). The quantitative estimate of drug-likeness (QED) is 0.114. The molecule has 10 aromatic carbocycles. The van der Waals surface area contributed by atoms with Crippen LogP contribution in [0.1, 0.15) is 0 Å². The standard InChI is InChI=1S/C60H48O6/c1-61-43-19-7-37(8-20-43)49-31-55-56(32-50(49)38-9-21-44(62-2)22-10-38)58-34-52(40-13-25-46(64-4)26-14-40)54(42-17-29-48(66-6)30-18-42)36-60(58)59-35-53(41-15-27-47(65-5)28-16-41)51(33-57(55)59)39-11-23-45(63-3)24-12-39/h7-36H,1-6H3. The molecule has 0 saturated carbocycles. The normalized spacial score (nSPS) is 11.2. The Morgan fingerprint density at radius 2 is 0.303 bits per heavy atom. The van der Waals surface area contributed by atoms with Gasteiger partial charge in [0.25, 0.3) is 0 Å². The molecule has 0 N–H and O–H groups in total. The highest BCUT2D eigenvalue weighted by Crippen LogP contribution is 2.48. The van der Waals surface area contributed by atoms with Crippen LogP contribution in [0.15, 0.2) is 182 Å². The van der Waals surface area contributed by atoms with Gasteiger partial charge in [-0.1, -0.05) is 72.8 Å². The zero-order valence-corrected chi connectivity index (χ0v) is 37.8. The van der Waals surface area contributed by atoms with Crippen molar-refractivity contribution in [3.63, 3.8) is 0 Å². The summed E-state index contributed by atoms with van der Waals surface area (Å²) in [7, 11) is 10.2. The molecular weight excluding hydrogens is 817 g/mol. The fourth-order valence-corrected chi connectivity index (χ4v) is 9.19. The van der Waals surface area contributed by atoms with Crippen LogP contribution < -0.4 is 28.4 Å². The minimum Gasteiger partial charge on any atom is -0.497 e. The van der Waals surface area contributed by atoms with E-state index in [0.29, 0.717) is 0 Å². The van der Waals surface area contributed by atoms with Crippen molar-refractivity contribution in [1.82, 2.24) is 0 Å². The van der Waals surface area contributed by atoms with Gasteiger partial charge >= 0.3 is 0 Å². The van der Waals surface area contributed by atoms with Crippen LogP contribution in [-0.2, 0) is 0 Å². The van der Waals surface area contributed by atoms with Gasteiger partial charge in [0, 0.05) is 0 Å². The maximum absolute atomic E-state index is 5.62. The van der Waals surface area contributed by atoms with Gasteiger partial charge in [0.05, 0.1) is 42.7 Å². The van der Waals surface area contributed by atoms with Crippen molar-refractivity contribution in [3.05, 3.63) is 182 Å². The van der Waals surface area contributed by atoms with Crippen LogP contribution in [0.2, 0.25) is 0 Å². The van der Waals surface area contributed by atoms with Crippen molar-refractivity contribution in [1.29, 1.82) is 0 Å². The van der Waals surface area contributed by atoms with E-state index in [0.717, 1.165) is 134 Å². The second kappa shape index (κ2) is 17.7. The van der Waals surface area contributed by atoms with E-state index in [2.05, 4.69) is 109 Å². The summed E-state index contributed by atoms with van der Waals surface area (Å²) >= 11 is 0. The summed E-state index contributed by atoms with van der Waals surface area (Å²) in [5, 5.41) is 6.80. The molecule has 0 fully saturated rings. The number of methoxy groups -OCH3 is 6. The van der Waals surface area contributed by atoms with Crippen molar-refractivity contribution in [2.24, 2.45) is 0 Å². The molecule has 0 heterocycles. The maximum Gasteiger partial charge on any atom is 0.118 e. The molecule has 6 heteroatoms. The predicted octanol–water partition coefficient (Wildman–Crippen LogP) is 15.2. The highest BCUT2D eigenvalue weighted by molar-refractivity contribution is 6.29. The van der Waals surface area contributed by atoms with Gasteiger partial charge in [0.2, 0.25) is 0 Å².